The largest absolute Gasteiger partial charge is 0.490 e. The molecule has 1 heteroatoms. The summed E-state index contributed by atoms with van der Waals surface area (Å²) in [4.78, 5) is 0. The predicted molar refractivity (Wildman–Crippen MR) is 137 cm³/mol. The first-order chi connectivity index (χ1) is 15.7. The van der Waals surface area contributed by atoms with Gasteiger partial charge >= 0.3 is 0 Å². The normalized spacial score (nSPS) is 24.8. The molecule has 5 rings (SSSR count). The van der Waals surface area contributed by atoms with Gasteiger partial charge in [0.1, 0.15) is 12.4 Å². The zero-order valence-corrected chi connectivity index (χ0v) is 20.4. The minimum absolute atomic E-state index is 0.454. The van der Waals surface area contributed by atoms with Gasteiger partial charge < -0.3 is 4.74 Å². The molecule has 0 aliphatic heterocycles. The summed E-state index contributed by atoms with van der Waals surface area (Å²) < 4.78 is 5.87. The highest BCUT2D eigenvalue weighted by Crippen LogP contribution is 2.59. The maximum atomic E-state index is 5.87. The Bertz CT molecular complexity index is 834. The molecule has 2 aromatic carbocycles. The molecule has 0 aromatic heterocycles. The van der Waals surface area contributed by atoms with Gasteiger partial charge in [0.15, 0.2) is 0 Å². The van der Waals surface area contributed by atoms with E-state index in [-0.39, 0.29) is 0 Å². The SMILES string of the molecule is CCCCCC=CCOc1ccc(-c2ccc(C34CCC(CCC)(CC3)CC4)cc2)cc1. The van der Waals surface area contributed by atoms with E-state index in [1.165, 1.54) is 81.8 Å². The van der Waals surface area contributed by atoms with Crippen LogP contribution >= 0.6 is 0 Å². The van der Waals surface area contributed by atoms with Gasteiger partial charge in [0, 0.05) is 0 Å². The van der Waals surface area contributed by atoms with Crippen molar-refractivity contribution in [3.05, 3.63) is 66.2 Å². The molecule has 3 fully saturated rings. The van der Waals surface area contributed by atoms with E-state index in [4.69, 9.17) is 4.74 Å². The lowest BCUT2D eigenvalue weighted by Gasteiger charge is -2.54. The Labute approximate surface area is 196 Å². The Morgan fingerprint density at radius 2 is 1.34 bits per heavy atom. The summed E-state index contributed by atoms with van der Waals surface area (Å²) in [5.41, 5.74) is 5.29. The lowest BCUT2D eigenvalue weighted by atomic mass is 9.51. The number of unbranched alkanes of at least 4 members (excludes halogenated alkanes) is 3. The van der Waals surface area contributed by atoms with Crippen molar-refractivity contribution in [2.45, 2.75) is 96.3 Å². The van der Waals surface area contributed by atoms with E-state index in [0.29, 0.717) is 17.4 Å². The van der Waals surface area contributed by atoms with Gasteiger partial charge in [0.05, 0.1) is 0 Å². The number of fused-ring (bicyclic) bond motifs is 3. The quantitative estimate of drug-likeness (QED) is 0.255. The van der Waals surface area contributed by atoms with Crippen LogP contribution in [-0.2, 0) is 5.41 Å². The summed E-state index contributed by atoms with van der Waals surface area (Å²) in [6.07, 6.45) is 20.7. The topological polar surface area (TPSA) is 9.23 Å². The van der Waals surface area contributed by atoms with Crippen LogP contribution in [0.25, 0.3) is 11.1 Å². The van der Waals surface area contributed by atoms with Gasteiger partial charge in [-0.3, -0.25) is 0 Å². The molecule has 0 saturated heterocycles. The van der Waals surface area contributed by atoms with Crippen LogP contribution in [0.1, 0.15) is 96.5 Å². The van der Waals surface area contributed by atoms with Crippen molar-refractivity contribution in [1.29, 1.82) is 0 Å². The van der Waals surface area contributed by atoms with Crippen molar-refractivity contribution < 1.29 is 4.74 Å². The van der Waals surface area contributed by atoms with Gasteiger partial charge in [0.2, 0.25) is 0 Å². The summed E-state index contributed by atoms with van der Waals surface area (Å²) in [5.74, 6) is 0.947. The van der Waals surface area contributed by atoms with Crippen LogP contribution < -0.4 is 4.74 Å². The van der Waals surface area contributed by atoms with Crippen LogP contribution in [0.2, 0.25) is 0 Å². The van der Waals surface area contributed by atoms with E-state index < -0.39 is 0 Å². The van der Waals surface area contributed by atoms with Crippen LogP contribution in [0.4, 0.5) is 0 Å². The second-order valence-electron chi connectivity index (χ2n) is 10.4. The first kappa shape index (κ1) is 23.1. The molecule has 0 heterocycles. The molecule has 0 unspecified atom stereocenters. The van der Waals surface area contributed by atoms with Crippen LogP contribution in [-0.4, -0.2) is 6.61 Å². The van der Waals surface area contributed by atoms with Crippen molar-refractivity contribution in [1.82, 2.24) is 0 Å². The zero-order valence-electron chi connectivity index (χ0n) is 20.4. The van der Waals surface area contributed by atoms with Crippen LogP contribution in [0.15, 0.2) is 60.7 Å². The molecule has 2 aromatic rings. The van der Waals surface area contributed by atoms with Crippen molar-refractivity contribution in [3.8, 4) is 16.9 Å². The molecule has 32 heavy (non-hydrogen) atoms. The minimum Gasteiger partial charge on any atom is -0.490 e. The number of rotatable bonds is 11. The number of hydrogen-bond acceptors (Lipinski definition) is 1. The summed E-state index contributed by atoms with van der Waals surface area (Å²) in [7, 11) is 0. The predicted octanol–water partition coefficient (Wildman–Crippen LogP) is 9.26. The molecule has 3 saturated carbocycles. The standard InChI is InChI=1S/C31H42O/c1-3-5-6-7-8-9-25-32-29-16-12-27(13-17-29)26-10-14-28(15-11-26)31-22-19-30(18-4-2,20-23-31)21-24-31/h8-17H,3-7,18-25H2,1-2H3. The summed E-state index contributed by atoms with van der Waals surface area (Å²) >= 11 is 0. The molecule has 172 valence electrons. The highest BCUT2D eigenvalue weighted by Gasteiger charge is 2.48. The third-order valence-corrected chi connectivity index (χ3v) is 8.35. The van der Waals surface area contributed by atoms with Gasteiger partial charge in [-0.05, 0) is 97.4 Å². The van der Waals surface area contributed by atoms with Gasteiger partial charge in [-0.25, -0.2) is 0 Å². The molecule has 0 radical (unpaired) electrons. The van der Waals surface area contributed by atoms with Crippen molar-refractivity contribution in [2.75, 3.05) is 6.61 Å². The van der Waals surface area contributed by atoms with E-state index in [2.05, 4.69) is 74.5 Å². The number of hydrogen-bond donors (Lipinski definition) is 0. The Morgan fingerprint density at radius 1 is 0.719 bits per heavy atom. The molecular weight excluding hydrogens is 388 g/mol. The third kappa shape index (κ3) is 5.30. The zero-order chi connectivity index (χ0) is 22.3. The average molecular weight is 431 g/mol. The van der Waals surface area contributed by atoms with E-state index in [1.807, 2.05) is 0 Å². The van der Waals surface area contributed by atoms with Crippen LogP contribution in [0.3, 0.4) is 0 Å². The second kappa shape index (κ2) is 10.7. The summed E-state index contributed by atoms with van der Waals surface area (Å²) in [5, 5.41) is 0. The molecule has 0 N–H and O–H groups in total. The Balaban J connectivity index is 1.32. The van der Waals surface area contributed by atoms with Crippen molar-refractivity contribution >= 4 is 0 Å². The van der Waals surface area contributed by atoms with E-state index >= 15 is 0 Å². The fourth-order valence-electron chi connectivity index (χ4n) is 6.20. The summed E-state index contributed by atoms with van der Waals surface area (Å²) in [6, 6.07) is 18.1. The smallest absolute Gasteiger partial charge is 0.119 e. The maximum Gasteiger partial charge on any atom is 0.119 e. The fourth-order valence-corrected chi connectivity index (χ4v) is 6.20. The summed E-state index contributed by atoms with van der Waals surface area (Å²) in [6.45, 7) is 5.25. The number of benzene rings is 2. The van der Waals surface area contributed by atoms with Crippen LogP contribution in [0, 0.1) is 5.41 Å². The Morgan fingerprint density at radius 3 is 1.94 bits per heavy atom. The van der Waals surface area contributed by atoms with E-state index in [9.17, 15) is 0 Å². The lowest BCUT2D eigenvalue weighted by molar-refractivity contribution is 0.0320. The van der Waals surface area contributed by atoms with E-state index in [1.54, 1.807) is 5.56 Å². The Hall–Kier alpha value is -2.02. The molecule has 3 aliphatic carbocycles. The Kier molecular flexibility index (Phi) is 7.76. The average Bonchev–Trinajstić information content (AvgIpc) is 2.85. The molecule has 0 amide bonds. The molecule has 0 spiro atoms. The van der Waals surface area contributed by atoms with E-state index in [0.717, 1.165) is 12.2 Å². The van der Waals surface area contributed by atoms with Gasteiger partial charge in [-0.15, -0.1) is 0 Å². The number of ether oxygens (including phenoxy) is 1. The monoisotopic (exact) mass is 430 g/mol. The van der Waals surface area contributed by atoms with Gasteiger partial charge in [-0.2, -0.15) is 0 Å². The van der Waals surface area contributed by atoms with Crippen molar-refractivity contribution in [3.63, 3.8) is 0 Å². The van der Waals surface area contributed by atoms with Gasteiger partial charge in [0.25, 0.3) is 0 Å². The van der Waals surface area contributed by atoms with Crippen molar-refractivity contribution in [2.24, 2.45) is 5.41 Å². The highest BCUT2D eigenvalue weighted by atomic mass is 16.5. The molecule has 1 nitrogen and oxygen atoms in total. The lowest BCUT2D eigenvalue weighted by Crippen LogP contribution is -2.44. The third-order valence-electron chi connectivity index (χ3n) is 8.35. The fraction of sp³-hybridized carbons (Fsp3) is 0.548. The first-order valence-corrected chi connectivity index (χ1v) is 13.2. The first-order valence-electron chi connectivity index (χ1n) is 13.2. The molecule has 0 atom stereocenters. The number of allylic oxidation sites excluding steroid dienone is 1. The van der Waals surface area contributed by atoms with Gasteiger partial charge in [-0.1, -0.05) is 81.7 Å². The molecular formula is C31H42O. The minimum atomic E-state index is 0.454. The highest BCUT2D eigenvalue weighted by molar-refractivity contribution is 5.64. The second-order valence-corrected chi connectivity index (χ2v) is 10.4. The molecule has 2 bridgehead atoms. The molecule has 3 aliphatic rings. The maximum absolute atomic E-state index is 5.87. The van der Waals surface area contributed by atoms with Crippen LogP contribution in [0.5, 0.6) is 5.75 Å².